The number of anilines is 2. The van der Waals surface area contributed by atoms with Crippen LogP contribution in [0.5, 0.6) is 0 Å². The van der Waals surface area contributed by atoms with Crippen molar-refractivity contribution in [2.45, 2.75) is 31.2 Å². The number of carbonyl (C=O) groups is 4. The van der Waals surface area contributed by atoms with Crippen molar-refractivity contribution < 1.29 is 24.3 Å². The number of hydrogen-bond acceptors (Lipinski definition) is 7. The number of hydrogen-bond donors (Lipinski definition) is 2. The van der Waals surface area contributed by atoms with Gasteiger partial charge in [-0.2, -0.15) is 0 Å². The van der Waals surface area contributed by atoms with E-state index in [1.165, 1.54) is 6.20 Å². The Bertz CT molecular complexity index is 1250. The molecule has 200 valence electrons. The lowest BCUT2D eigenvalue weighted by Gasteiger charge is -2.46. The maximum Gasteiger partial charge on any atom is 0.327 e. The Morgan fingerprint density at radius 2 is 1.87 bits per heavy atom. The van der Waals surface area contributed by atoms with Gasteiger partial charge in [-0.3, -0.25) is 14.5 Å². The third-order valence-corrected chi connectivity index (χ3v) is 7.75. The van der Waals surface area contributed by atoms with Crippen LogP contribution in [0.15, 0.2) is 42.6 Å². The van der Waals surface area contributed by atoms with Crippen LogP contribution in [-0.4, -0.2) is 94.4 Å². The van der Waals surface area contributed by atoms with Gasteiger partial charge in [0.15, 0.2) is 6.04 Å². The fraction of sp³-hybridized carbons (Fsp3) is 0.444. The monoisotopic (exact) mass is 520 g/mol. The number of nitrogens with two attached hydrogens (primary N) is 1. The van der Waals surface area contributed by atoms with Crippen LogP contribution in [0.25, 0.3) is 0 Å². The van der Waals surface area contributed by atoms with Gasteiger partial charge < -0.3 is 20.6 Å². The van der Waals surface area contributed by atoms with E-state index >= 15 is 0 Å². The van der Waals surface area contributed by atoms with E-state index in [1.807, 2.05) is 36.2 Å². The summed E-state index contributed by atoms with van der Waals surface area (Å²) in [5.74, 6) is -2.10. The molecule has 2 aromatic rings. The molecule has 4 amide bonds. The maximum absolute atomic E-state index is 13.3. The molecule has 1 aromatic heterocycles. The van der Waals surface area contributed by atoms with Crippen LogP contribution in [0, 0.1) is 5.92 Å². The lowest BCUT2D eigenvalue weighted by atomic mass is 9.82. The van der Waals surface area contributed by atoms with Crippen molar-refractivity contribution in [3.05, 3.63) is 53.7 Å². The number of nitrogens with zero attached hydrogens (tertiary/aromatic N) is 5. The number of pyridine rings is 1. The van der Waals surface area contributed by atoms with E-state index in [0.29, 0.717) is 31.7 Å². The molecule has 3 saturated heterocycles. The molecule has 0 bridgehead atoms. The third kappa shape index (κ3) is 4.93. The average molecular weight is 521 g/mol. The number of likely N-dealkylation sites (N-methyl/N-ethyl adjacent to an activating group) is 1. The molecule has 0 radical (unpaired) electrons. The largest absolute Gasteiger partial charge is 0.480 e. The minimum atomic E-state index is -1.22. The molecule has 0 spiro atoms. The normalized spacial score (nSPS) is 24.3. The van der Waals surface area contributed by atoms with Gasteiger partial charge in [0.1, 0.15) is 5.82 Å². The van der Waals surface area contributed by atoms with E-state index < -0.39 is 29.9 Å². The zero-order chi connectivity index (χ0) is 27.0. The molecule has 3 fully saturated rings. The maximum atomic E-state index is 13.3. The number of aromatic nitrogens is 1. The van der Waals surface area contributed by atoms with Gasteiger partial charge in [-0.25, -0.2) is 19.5 Å². The average Bonchev–Trinajstić information content (AvgIpc) is 2.90. The van der Waals surface area contributed by atoms with Crippen molar-refractivity contribution in [3.8, 4) is 0 Å². The van der Waals surface area contributed by atoms with Gasteiger partial charge in [0, 0.05) is 44.0 Å². The number of piperazine rings is 1. The van der Waals surface area contributed by atoms with Gasteiger partial charge in [0.2, 0.25) is 11.8 Å². The van der Waals surface area contributed by atoms with E-state index in [9.17, 15) is 24.3 Å². The molecule has 11 heteroatoms. The van der Waals surface area contributed by atoms with Crippen molar-refractivity contribution in [3.63, 3.8) is 0 Å². The first-order valence-corrected chi connectivity index (χ1v) is 12.9. The van der Waals surface area contributed by atoms with Gasteiger partial charge in [-0.1, -0.05) is 12.1 Å². The molecule has 3 aliphatic heterocycles. The van der Waals surface area contributed by atoms with Crippen molar-refractivity contribution in [2.75, 3.05) is 50.4 Å². The summed E-state index contributed by atoms with van der Waals surface area (Å²) >= 11 is 0. The molecule has 5 rings (SSSR count). The number of nitrogen functional groups attached to an aromatic ring is 1. The minimum Gasteiger partial charge on any atom is -0.480 e. The summed E-state index contributed by atoms with van der Waals surface area (Å²) in [5.41, 5.74) is 8.32. The lowest BCUT2D eigenvalue weighted by Crippen LogP contribution is -2.69. The Balaban J connectivity index is 1.25. The zero-order valence-electron chi connectivity index (χ0n) is 21.3. The van der Waals surface area contributed by atoms with Crippen LogP contribution in [0.1, 0.15) is 29.9 Å². The highest BCUT2D eigenvalue weighted by atomic mass is 16.4. The first-order valence-electron chi connectivity index (χ1n) is 12.9. The van der Waals surface area contributed by atoms with Gasteiger partial charge >= 0.3 is 12.0 Å². The third-order valence-electron chi connectivity index (χ3n) is 7.75. The van der Waals surface area contributed by atoms with Crippen LogP contribution >= 0.6 is 0 Å². The number of imide groups is 1. The number of urea groups is 1. The van der Waals surface area contributed by atoms with Gasteiger partial charge in [0.05, 0.1) is 12.5 Å². The summed E-state index contributed by atoms with van der Waals surface area (Å²) < 4.78 is 0. The smallest absolute Gasteiger partial charge is 0.327 e. The van der Waals surface area contributed by atoms with Crippen molar-refractivity contribution in [1.82, 2.24) is 19.7 Å². The Morgan fingerprint density at radius 1 is 1.11 bits per heavy atom. The molecule has 38 heavy (non-hydrogen) atoms. The van der Waals surface area contributed by atoms with Crippen LogP contribution in [-0.2, 0) is 20.8 Å². The first kappa shape index (κ1) is 25.7. The molecule has 3 atom stereocenters. The molecular weight excluding hydrogens is 488 g/mol. The minimum absolute atomic E-state index is 0.0557. The predicted octanol–water partition coefficient (Wildman–Crippen LogP) is 1.40. The summed E-state index contributed by atoms with van der Waals surface area (Å²) in [4.78, 5) is 61.0. The van der Waals surface area contributed by atoms with Crippen molar-refractivity contribution >= 4 is 35.3 Å². The molecule has 3 aliphatic rings. The Labute approximate surface area is 220 Å². The van der Waals surface area contributed by atoms with Crippen LogP contribution < -0.4 is 10.6 Å². The van der Waals surface area contributed by atoms with E-state index in [4.69, 9.17) is 5.73 Å². The Hall–Kier alpha value is -3.99. The van der Waals surface area contributed by atoms with E-state index in [0.717, 1.165) is 35.5 Å². The van der Waals surface area contributed by atoms with Gasteiger partial charge in [-0.05, 0) is 61.7 Å². The highest BCUT2D eigenvalue weighted by Gasteiger charge is 2.55. The SMILES string of the molecule is CN1CCN(c2ccc([C@@H]3CCCN(C(=O)N4C(=O)[C@H](Cc5ccnc(N)c5)[C@H]4C(=O)O)C3)cc2)C(=O)C1. The number of carbonyl (C=O) groups excluding carboxylic acids is 3. The fourth-order valence-electron chi connectivity index (χ4n) is 5.68. The molecule has 0 saturated carbocycles. The summed E-state index contributed by atoms with van der Waals surface area (Å²) in [6.45, 7) is 2.71. The summed E-state index contributed by atoms with van der Waals surface area (Å²) in [5, 5.41) is 9.84. The van der Waals surface area contributed by atoms with E-state index in [-0.39, 0.29) is 24.1 Å². The second-order valence-corrected chi connectivity index (χ2v) is 10.3. The van der Waals surface area contributed by atoms with Gasteiger partial charge in [0.25, 0.3) is 0 Å². The standard InChI is InChI=1S/C27H32N6O5/c1-30-11-12-32(23(34)16-30)20-6-4-18(5-7-20)19-3-2-10-31(15-19)27(38)33-24(26(36)37)21(25(33)35)13-17-8-9-29-22(28)14-17/h4-9,14,19,21,24H,2-3,10-13,15-16H2,1H3,(H2,28,29)(H,36,37)/t19-,21-,24+/m1/s1. The molecular formula is C27H32N6O5. The van der Waals surface area contributed by atoms with E-state index in [1.54, 1.807) is 21.9 Å². The quantitative estimate of drug-likeness (QED) is 0.564. The fourth-order valence-corrected chi connectivity index (χ4v) is 5.68. The highest BCUT2D eigenvalue weighted by Crippen LogP contribution is 2.34. The molecule has 3 N–H and O–H groups in total. The number of β-lactam (4-membered cyclic amide) rings is 1. The summed E-state index contributed by atoms with van der Waals surface area (Å²) in [7, 11) is 1.93. The highest BCUT2D eigenvalue weighted by molar-refractivity contribution is 6.07. The molecule has 0 unspecified atom stereocenters. The first-order chi connectivity index (χ1) is 18.2. The topological polar surface area (TPSA) is 140 Å². The Kier molecular flexibility index (Phi) is 7.02. The summed E-state index contributed by atoms with van der Waals surface area (Å²) in [6.07, 6.45) is 3.31. The van der Waals surface area contributed by atoms with Crippen LogP contribution in [0.4, 0.5) is 16.3 Å². The van der Waals surface area contributed by atoms with Crippen LogP contribution in [0.3, 0.4) is 0 Å². The number of carboxylic acids is 1. The van der Waals surface area contributed by atoms with Crippen molar-refractivity contribution in [2.24, 2.45) is 5.92 Å². The molecule has 11 nitrogen and oxygen atoms in total. The zero-order valence-corrected chi connectivity index (χ0v) is 21.3. The molecule has 0 aliphatic carbocycles. The second-order valence-electron chi connectivity index (χ2n) is 10.3. The number of likely N-dealkylation sites (tertiary alicyclic amines) is 2. The number of benzene rings is 1. The molecule has 1 aromatic carbocycles. The van der Waals surface area contributed by atoms with Gasteiger partial charge in [-0.15, -0.1) is 0 Å². The van der Waals surface area contributed by atoms with E-state index in [2.05, 4.69) is 4.98 Å². The number of carboxylic acid groups (broad SMARTS) is 1. The number of rotatable bonds is 5. The number of piperidine rings is 1. The number of amides is 4. The Morgan fingerprint density at radius 3 is 2.55 bits per heavy atom. The lowest BCUT2D eigenvalue weighted by molar-refractivity contribution is -0.166. The molecule has 4 heterocycles. The second kappa shape index (κ2) is 10.4. The predicted molar refractivity (Wildman–Crippen MR) is 139 cm³/mol. The van der Waals surface area contributed by atoms with Crippen molar-refractivity contribution in [1.29, 1.82) is 0 Å². The van der Waals surface area contributed by atoms with Crippen LogP contribution in [0.2, 0.25) is 0 Å². The number of aliphatic carboxylic acids is 1. The summed E-state index contributed by atoms with van der Waals surface area (Å²) in [6, 6.07) is 9.38.